The minimum Gasteiger partial charge on any atom is -0.480 e. The maximum atomic E-state index is 12.8. The Morgan fingerprint density at radius 3 is 2.36 bits per heavy atom. The lowest BCUT2D eigenvalue weighted by molar-refractivity contribution is -0.139. The number of likely N-dealkylation sites (tertiary alicyclic amines) is 1. The summed E-state index contributed by atoms with van der Waals surface area (Å²) in [6, 6.07) is 5.17. The smallest absolute Gasteiger partial charge is 0.329 e. The van der Waals surface area contributed by atoms with Crippen molar-refractivity contribution in [3.63, 3.8) is 0 Å². The van der Waals surface area contributed by atoms with Crippen molar-refractivity contribution in [2.24, 2.45) is 7.05 Å². The predicted octanol–water partition coefficient (Wildman–Crippen LogP) is 1.94. The van der Waals surface area contributed by atoms with Gasteiger partial charge in [0, 0.05) is 13.5 Å². The molecule has 1 unspecified atom stereocenters. The fourth-order valence-corrected chi connectivity index (χ4v) is 4.48. The Morgan fingerprint density at radius 2 is 1.79 bits per heavy atom. The third-order valence-corrected chi connectivity index (χ3v) is 6.22. The number of piperidine rings is 2. The van der Waals surface area contributed by atoms with Gasteiger partial charge in [0.2, 0.25) is 11.8 Å². The molecule has 2 amide bonds. The van der Waals surface area contributed by atoms with Gasteiger partial charge in [-0.05, 0) is 56.0 Å². The average molecular weight is 455 g/mol. The molecule has 0 saturated carbocycles. The largest absolute Gasteiger partial charge is 0.480 e. The average Bonchev–Trinajstić information content (AvgIpc) is 3.04. The number of rotatable bonds is 5. The van der Waals surface area contributed by atoms with E-state index in [1.54, 1.807) is 23.8 Å². The van der Waals surface area contributed by atoms with Crippen LogP contribution in [0, 0.1) is 0 Å². The molecule has 0 spiro atoms. The number of nitrogens with one attached hydrogen (secondary N) is 1. The number of fused-ring (bicyclic) bond motifs is 1. The zero-order chi connectivity index (χ0) is 24.1. The van der Waals surface area contributed by atoms with Crippen molar-refractivity contribution in [1.82, 2.24) is 19.4 Å². The lowest BCUT2D eigenvalue weighted by Gasteiger charge is -2.31. The summed E-state index contributed by atoms with van der Waals surface area (Å²) in [6.07, 6.45) is 5.53. The van der Waals surface area contributed by atoms with E-state index in [9.17, 15) is 19.2 Å². The molecule has 0 aliphatic carbocycles. The van der Waals surface area contributed by atoms with E-state index in [0.29, 0.717) is 17.9 Å². The van der Waals surface area contributed by atoms with Crippen molar-refractivity contribution in [2.45, 2.75) is 37.6 Å². The number of nitrogens with zero attached hydrogens (tertiary/aromatic N) is 3. The van der Waals surface area contributed by atoms with Crippen molar-refractivity contribution >= 4 is 28.8 Å². The lowest BCUT2D eigenvalue weighted by Crippen LogP contribution is -2.44. The van der Waals surface area contributed by atoms with Gasteiger partial charge in [-0.2, -0.15) is 0 Å². The van der Waals surface area contributed by atoms with Crippen LogP contribution in [0.5, 0.6) is 0 Å². The maximum absolute atomic E-state index is 12.8. The van der Waals surface area contributed by atoms with Crippen molar-refractivity contribution in [3.8, 4) is 0 Å². The van der Waals surface area contributed by atoms with Crippen molar-refractivity contribution in [1.29, 1.82) is 0 Å². The number of carbonyl (C=O) groups excluding carboxylic acids is 2. The summed E-state index contributed by atoms with van der Waals surface area (Å²) in [5.41, 5.74) is 2.27. The first kappa shape index (κ1) is 24.2. The number of hydrogen-bond donors (Lipinski definition) is 2. The monoisotopic (exact) mass is 454 g/mol. The molecule has 4 rings (SSSR count). The van der Waals surface area contributed by atoms with Crippen LogP contribution in [0.3, 0.4) is 0 Å². The first-order valence-corrected chi connectivity index (χ1v) is 11.0. The minimum atomic E-state index is -0.811. The molecule has 2 aliphatic heterocycles. The number of carboxylic acid groups (broad SMARTS) is 1. The van der Waals surface area contributed by atoms with Crippen LogP contribution in [-0.4, -0.2) is 56.6 Å². The van der Waals surface area contributed by atoms with Gasteiger partial charge in [0.25, 0.3) is 0 Å². The van der Waals surface area contributed by atoms with Crippen LogP contribution in [0.25, 0.3) is 11.0 Å². The molecule has 33 heavy (non-hydrogen) atoms. The highest BCUT2D eigenvalue weighted by atomic mass is 16.4. The Labute approximate surface area is 192 Å². The van der Waals surface area contributed by atoms with Crippen molar-refractivity contribution in [2.75, 3.05) is 19.6 Å². The van der Waals surface area contributed by atoms with Gasteiger partial charge in [0.15, 0.2) is 0 Å². The van der Waals surface area contributed by atoms with Crippen LogP contribution in [0.1, 0.15) is 43.2 Å². The number of hydrogen-bond acceptors (Lipinski definition) is 5. The van der Waals surface area contributed by atoms with Crippen molar-refractivity contribution < 1.29 is 19.5 Å². The van der Waals surface area contributed by atoms with E-state index < -0.39 is 17.9 Å². The van der Waals surface area contributed by atoms with Gasteiger partial charge in [0.1, 0.15) is 6.04 Å². The fourth-order valence-electron chi connectivity index (χ4n) is 4.48. The summed E-state index contributed by atoms with van der Waals surface area (Å²) in [6.45, 7) is 8.24. The quantitative estimate of drug-likeness (QED) is 0.527. The number of allylic oxidation sites excluding steroid dienone is 2. The molecule has 2 aromatic rings. The van der Waals surface area contributed by atoms with E-state index in [1.807, 2.05) is 23.1 Å². The molecule has 2 aliphatic rings. The number of carboxylic acids is 1. The van der Waals surface area contributed by atoms with Gasteiger partial charge in [-0.25, -0.2) is 4.79 Å². The van der Waals surface area contributed by atoms with E-state index >= 15 is 0 Å². The zero-order valence-corrected chi connectivity index (χ0v) is 18.8. The van der Waals surface area contributed by atoms with Crippen LogP contribution < -0.4 is 11.0 Å². The summed E-state index contributed by atoms with van der Waals surface area (Å²) in [4.78, 5) is 49.4. The number of carbonyl (C=O) groups is 3. The Morgan fingerprint density at radius 1 is 1.12 bits per heavy atom. The van der Waals surface area contributed by atoms with Gasteiger partial charge in [-0.15, -0.1) is 0 Å². The van der Waals surface area contributed by atoms with Crippen LogP contribution >= 0.6 is 0 Å². The minimum absolute atomic E-state index is 0.0645. The molecule has 2 fully saturated rings. The lowest BCUT2D eigenvalue weighted by atomic mass is 9.89. The summed E-state index contributed by atoms with van der Waals surface area (Å²) >= 11 is 0. The highest BCUT2D eigenvalue weighted by Crippen LogP contribution is 2.31. The fraction of sp³-hybridized carbons (Fsp3) is 0.417. The third kappa shape index (κ3) is 5.31. The molecule has 3 heterocycles. The second kappa shape index (κ2) is 10.4. The van der Waals surface area contributed by atoms with Crippen LogP contribution in [0.15, 0.2) is 48.3 Å². The van der Waals surface area contributed by atoms with Crippen LogP contribution in [0.2, 0.25) is 0 Å². The zero-order valence-electron chi connectivity index (χ0n) is 18.8. The van der Waals surface area contributed by atoms with Gasteiger partial charge >= 0.3 is 11.7 Å². The number of aromatic nitrogens is 2. The molecule has 9 nitrogen and oxygen atoms in total. The molecule has 2 N–H and O–H groups in total. The van der Waals surface area contributed by atoms with E-state index in [1.165, 1.54) is 4.57 Å². The van der Waals surface area contributed by atoms with E-state index in [2.05, 4.69) is 18.5 Å². The number of benzene rings is 1. The highest BCUT2D eigenvalue weighted by molar-refractivity contribution is 6.00. The Balaban J connectivity index is 0.000000709. The van der Waals surface area contributed by atoms with Gasteiger partial charge < -0.3 is 5.11 Å². The second-order valence-corrected chi connectivity index (χ2v) is 8.34. The van der Waals surface area contributed by atoms with Gasteiger partial charge in [0.05, 0.1) is 17.6 Å². The maximum Gasteiger partial charge on any atom is 0.329 e. The topological polar surface area (TPSA) is 114 Å². The summed E-state index contributed by atoms with van der Waals surface area (Å²) in [7, 11) is 1.69. The number of aliphatic carboxylic acids is 1. The SMILES string of the molecule is C=CC=C.Cn1c(=O)n(C2CCC(=O)NC2=O)c2ccc(C3CCN(CC(=O)O)CC3)cc21. The Kier molecular flexibility index (Phi) is 7.65. The summed E-state index contributed by atoms with van der Waals surface area (Å²) < 4.78 is 3.03. The molecule has 2 saturated heterocycles. The molecule has 176 valence electrons. The molecule has 1 aromatic heterocycles. The molecule has 9 heteroatoms. The molecular formula is C24H30N4O5. The predicted molar refractivity (Wildman–Crippen MR) is 125 cm³/mol. The molecule has 1 atom stereocenters. The molecule has 1 aromatic carbocycles. The van der Waals surface area contributed by atoms with Gasteiger partial charge in [-0.3, -0.25) is 33.7 Å². The van der Waals surface area contributed by atoms with Crippen LogP contribution in [0.4, 0.5) is 0 Å². The number of amides is 2. The van der Waals surface area contributed by atoms with Crippen LogP contribution in [-0.2, 0) is 21.4 Å². The van der Waals surface area contributed by atoms with E-state index in [0.717, 1.165) is 37.0 Å². The number of imidazole rings is 1. The summed E-state index contributed by atoms with van der Waals surface area (Å²) in [5, 5.41) is 11.3. The van der Waals surface area contributed by atoms with E-state index in [4.69, 9.17) is 5.11 Å². The number of aryl methyl sites for hydroxylation is 1. The first-order valence-electron chi connectivity index (χ1n) is 11.0. The second-order valence-electron chi connectivity index (χ2n) is 8.34. The third-order valence-electron chi connectivity index (χ3n) is 6.22. The number of imide groups is 1. The Hall–Kier alpha value is -3.46. The van der Waals surface area contributed by atoms with E-state index in [-0.39, 0.29) is 24.6 Å². The van der Waals surface area contributed by atoms with Crippen molar-refractivity contribution in [3.05, 3.63) is 59.6 Å². The Bertz CT molecular complexity index is 1130. The standard InChI is InChI=1S/C20H24N4O5.C4H6/c1-22-16-10-13(12-6-8-23(9-7-12)11-18(26)27)2-3-14(16)24(20(22)29)15-4-5-17(25)21-19(15)28;1-3-4-2/h2-3,10,12,15H,4-9,11H2,1H3,(H,26,27)(H,21,25,28);3-4H,1-2H2. The molecule has 0 radical (unpaired) electrons. The highest BCUT2D eigenvalue weighted by Gasteiger charge is 2.31. The normalized spacial score (nSPS) is 19.5. The summed E-state index contributed by atoms with van der Waals surface area (Å²) in [5.74, 6) is -1.25. The molecule has 0 bridgehead atoms. The van der Waals surface area contributed by atoms with Gasteiger partial charge in [-0.1, -0.05) is 31.4 Å². The molecular weight excluding hydrogens is 424 g/mol. The first-order chi connectivity index (χ1) is 15.8.